The van der Waals surface area contributed by atoms with Gasteiger partial charge in [0.1, 0.15) is 0 Å². The lowest BCUT2D eigenvalue weighted by Crippen LogP contribution is -2.46. The highest BCUT2D eigenvalue weighted by Gasteiger charge is 2.07. The van der Waals surface area contributed by atoms with Gasteiger partial charge in [0.2, 0.25) is 11.8 Å². The van der Waals surface area contributed by atoms with Crippen molar-refractivity contribution in [2.75, 3.05) is 8.86 Å². The average Bonchev–Trinajstić information content (AvgIpc) is 2.03. The fourth-order valence-corrected chi connectivity index (χ4v) is 1.04. The molecule has 2 amide bonds. The Morgan fingerprint density at radius 1 is 1.17 bits per heavy atom. The molecular weight excluding hydrogens is 386 g/mol. The minimum Gasteiger partial charge on any atom is -0.336 e. The van der Waals surface area contributed by atoms with Gasteiger partial charge < -0.3 is 10.6 Å². The van der Waals surface area contributed by atoms with Crippen LogP contribution in [0.4, 0.5) is 0 Å². The first kappa shape index (κ1) is 12.4. The second kappa shape index (κ2) is 6.87. The van der Waals surface area contributed by atoms with E-state index in [0.29, 0.717) is 8.86 Å². The maximum absolute atomic E-state index is 10.8. The molecule has 0 aliphatic carbocycles. The number of hydrogen-bond donors (Lipinski definition) is 2. The predicted molar refractivity (Wildman–Crippen MR) is 63.5 cm³/mol. The molecule has 0 aliphatic rings. The van der Waals surface area contributed by atoms with Crippen molar-refractivity contribution in [2.24, 2.45) is 0 Å². The first-order chi connectivity index (χ1) is 5.60. The van der Waals surface area contributed by atoms with Crippen molar-refractivity contribution < 1.29 is 9.59 Å². The zero-order valence-corrected chi connectivity index (χ0v) is 10.9. The molecule has 0 heterocycles. The highest BCUT2D eigenvalue weighted by Crippen LogP contribution is 1.85. The molecule has 70 valence electrons. The second-order valence-corrected chi connectivity index (χ2v) is 3.65. The molecule has 0 saturated heterocycles. The van der Waals surface area contributed by atoms with Crippen LogP contribution in [0.15, 0.2) is 0 Å². The van der Waals surface area contributed by atoms with Crippen molar-refractivity contribution in [3.05, 3.63) is 0 Å². The standard InChI is InChI=1S/C6H10I2N2O2/c1-4(9-5(11)2-7)10-6(12)3-8/h4H,2-3H2,1H3,(H,9,11)(H,10,12). The van der Waals surface area contributed by atoms with E-state index in [1.54, 1.807) is 6.92 Å². The second-order valence-electron chi connectivity index (χ2n) is 2.12. The molecule has 2 N–H and O–H groups in total. The molecule has 0 atom stereocenters. The predicted octanol–water partition coefficient (Wildman–Crippen LogP) is 0.435. The van der Waals surface area contributed by atoms with Crippen molar-refractivity contribution in [2.45, 2.75) is 13.1 Å². The fourth-order valence-electron chi connectivity index (χ4n) is 0.596. The third kappa shape index (κ3) is 5.98. The van der Waals surface area contributed by atoms with Crippen LogP contribution < -0.4 is 10.6 Å². The molecular formula is C6H10I2N2O2. The molecule has 0 fully saturated rings. The Balaban J connectivity index is 3.66. The minimum absolute atomic E-state index is 0.0724. The summed E-state index contributed by atoms with van der Waals surface area (Å²) >= 11 is 3.93. The van der Waals surface area contributed by atoms with Crippen LogP contribution in [0.1, 0.15) is 6.92 Å². The SMILES string of the molecule is CC(NC(=O)CI)NC(=O)CI. The minimum atomic E-state index is -0.283. The summed E-state index contributed by atoms with van der Waals surface area (Å²) in [6, 6.07) is 0. The molecule has 0 unspecified atom stereocenters. The largest absolute Gasteiger partial charge is 0.336 e. The molecule has 0 rings (SSSR count). The number of amides is 2. The zero-order valence-electron chi connectivity index (χ0n) is 6.56. The van der Waals surface area contributed by atoms with E-state index < -0.39 is 0 Å². The molecule has 0 aliphatic heterocycles. The van der Waals surface area contributed by atoms with Crippen LogP contribution in [-0.2, 0) is 9.59 Å². The van der Waals surface area contributed by atoms with Gasteiger partial charge in [-0.15, -0.1) is 0 Å². The van der Waals surface area contributed by atoms with Crippen molar-refractivity contribution in [1.82, 2.24) is 10.6 Å². The fraction of sp³-hybridized carbons (Fsp3) is 0.667. The Morgan fingerprint density at radius 3 is 1.75 bits per heavy atom. The zero-order chi connectivity index (χ0) is 9.56. The van der Waals surface area contributed by atoms with Crippen LogP contribution in [0.25, 0.3) is 0 Å². The summed E-state index contributed by atoms with van der Waals surface area (Å²) in [7, 11) is 0. The van der Waals surface area contributed by atoms with Crippen molar-refractivity contribution >= 4 is 57.0 Å². The van der Waals surface area contributed by atoms with Gasteiger partial charge >= 0.3 is 0 Å². The van der Waals surface area contributed by atoms with Crippen LogP contribution >= 0.6 is 45.2 Å². The number of rotatable bonds is 4. The molecule has 0 saturated carbocycles. The monoisotopic (exact) mass is 396 g/mol. The number of alkyl halides is 2. The van der Waals surface area contributed by atoms with Gasteiger partial charge in [-0.25, -0.2) is 0 Å². The van der Waals surface area contributed by atoms with Gasteiger partial charge in [-0.1, -0.05) is 45.2 Å². The van der Waals surface area contributed by atoms with Crippen LogP contribution in [0.3, 0.4) is 0 Å². The number of carbonyl (C=O) groups excluding carboxylic acids is 2. The molecule has 0 radical (unpaired) electrons. The summed E-state index contributed by atoms with van der Waals surface area (Å²) in [5.74, 6) is -0.145. The number of nitrogens with one attached hydrogen (secondary N) is 2. The van der Waals surface area contributed by atoms with E-state index in [2.05, 4.69) is 10.6 Å². The summed E-state index contributed by atoms with van der Waals surface area (Å²) in [5, 5.41) is 5.23. The third-order valence-corrected chi connectivity index (χ3v) is 2.38. The van der Waals surface area contributed by atoms with Gasteiger partial charge in [0.05, 0.1) is 15.0 Å². The molecule has 0 aromatic rings. The van der Waals surface area contributed by atoms with E-state index in [-0.39, 0.29) is 18.0 Å². The summed E-state index contributed by atoms with van der Waals surface area (Å²) in [6.07, 6.45) is -0.283. The van der Waals surface area contributed by atoms with Gasteiger partial charge in [-0.3, -0.25) is 9.59 Å². The van der Waals surface area contributed by atoms with E-state index in [1.165, 1.54) is 0 Å². The maximum atomic E-state index is 10.8. The number of carbonyl (C=O) groups is 2. The molecule has 4 nitrogen and oxygen atoms in total. The smallest absolute Gasteiger partial charge is 0.231 e. The van der Waals surface area contributed by atoms with E-state index >= 15 is 0 Å². The van der Waals surface area contributed by atoms with E-state index in [9.17, 15) is 9.59 Å². The Labute approximate surface area is 98.5 Å². The van der Waals surface area contributed by atoms with E-state index in [4.69, 9.17) is 0 Å². The lowest BCUT2D eigenvalue weighted by atomic mass is 10.5. The van der Waals surface area contributed by atoms with Gasteiger partial charge in [-0.05, 0) is 6.92 Å². The highest BCUT2D eigenvalue weighted by atomic mass is 127. The summed E-state index contributed by atoms with van der Waals surface area (Å²) in [5.41, 5.74) is 0. The maximum Gasteiger partial charge on any atom is 0.231 e. The first-order valence-corrected chi connectivity index (χ1v) is 6.36. The first-order valence-electron chi connectivity index (χ1n) is 3.30. The van der Waals surface area contributed by atoms with Gasteiger partial charge in [0.25, 0.3) is 0 Å². The summed E-state index contributed by atoms with van der Waals surface area (Å²) < 4.78 is 0.810. The van der Waals surface area contributed by atoms with Crippen LogP contribution in [-0.4, -0.2) is 26.8 Å². The molecule has 0 aromatic heterocycles. The van der Waals surface area contributed by atoms with Crippen molar-refractivity contribution in [1.29, 1.82) is 0 Å². The van der Waals surface area contributed by atoms with Gasteiger partial charge in [-0.2, -0.15) is 0 Å². The normalized spacial score (nSPS) is 9.67. The van der Waals surface area contributed by atoms with Crippen LogP contribution in [0.5, 0.6) is 0 Å². The van der Waals surface area contributed by atoms with Crippen molar-refractivity contribution in [3.63, 3.8) is 0 Å². The Kier molecular flexibility index (Phi) is 7.10. The average molecular weight is 396 g/mol. The Hall–Kier alpha value is 0.400. The van der Waals surface area contributed by atoms with E-state index in [0.717, 1.165) is 0 Å². The molecule has 0 bridgehead atoms. The summed E-state index contributed by atoms with van der Waals surface area (Å²) in [4.78, 5) is 21.6. The van der Waals surface area contributed by atoms with E-state index in [1.807, 2.05) is 45.2 Å². The number of halogens is 2. The molecule has 6 heteroatoms. The van der Waals surface area contributed by atoms with Gasteiger partial charge in [0, 0.05) is 0 Å². The quantitative estimate of drug-likeness (QED) is 0.412. The Morgan fingerprint density at radius 2 is 1.50 bits per heavy atom. The molecule has 0 spiro atoms. The van der Waals surface area contributed by atoms with Crippen LogP contribution in [0, 0.1) is 0 Å². The highest BCUT2D eigenvalue weighted by molar-refractivity contribution is 14.1. The topological polar surface area (TPSA) is 58.2 Å². The lowest BCUT2D eigenvalue weighted by molar-refractivity contribution is -0.121. The van der Waals surface area contributed by atoms with Crippen molar-refractivity contribution in [3.8, 4) is 0 Å². The summed E-state index contributed by atoms with van der Waals surface area (Å²) in [6.45, 7) is 1.73. The molecule has 12 heavy (non-hydrogen) atoms. The Bertz CT molecular complexity index is 157. The van der Waals surface area contributed by atoms with Gasteiger partial charge in [0.15, 0.2) is 0 Å². The number of hydrogen-bond acceptors (Lipinski definition) is 2. The molecule has 0 aromatic carbocycles. The van der Waals surface area contributed by atoms with Crippen LogP contribution in [0.2, 0.25) is 0 Å². The lowest BCUT2D eigenvalue weighted by Gasteiger charge is -2.13. The third-order valence-electron chi connectivity index (χ3n) is 0.998.